The van der Waals surface area contributed by atoms with E-state index in [0.29, 0.717) is 5.56 Å². The second-order valence-electron chi connectivity index (χ2n) is 2.33. The highest BCUT2D eigenvalue weighted by molar-refractivity contribution is 5.66. The largest absolute Gasteiger partial charge is 0.504 e. The fourth-order valence-corrected chi connectivity index (χ4v) is 0.880. The summed E-state index contributed by atoms with van der Waals surface area (Å²) in [6, 6.07) is 2.74. The van der Waals surface area contributed by atoms with E-state index < -0.39 is 5.75 Å². The average Bonchev–Trinajstić information content (AvgIpc) is 2.08. The number of nitrogens with zero attached hydrogens (tertiary/aromatic N) is 2. The zero-order valence-corrected chi connectivity index (χ0v) is 6.31. The van der Waals surface area contributed by atoms with Crippen molar-refractivity contribution in [2.45, 2.75) is 6.92 Å². The summed E-state index contributed by atoms with van der Waals surface area (Å²) in [5, 5.41) is 14.2. The van der Waals surface area contributed by atoms with E-state index in [1.807, 2.05) is 0 Å². The van der Waals surface area contributed by atoms with E-state index in [9.17, 15) is 9.81 Å². The van der Waals surface area contributed by atoms with Gasteiger partial charge in [0.05, 0.1) is 0 Å². The van der Waals surface area contributed by atoms with Crippen molar-refractivity contribution < 1.29 is 5.11 Å². The lowest BCUT2D eigenvalue weighted by atomic mass is 10.2. The van der Waals surface area contributed by atoms with Gasteiger partial charge in [0.2, 0.25) is 0 Å². The van der Waals surface area contributed by atoms with Crippen LogP contribution in [0.1, 0.15) is 5.56 Å². The first kappa shape index (κ1) is 8.32. The lowest BCUT2D eigenvalue weighted by Crippen LogP contribution is -1.74. The first-order chi connectivity index (χ1) is 5.69. The fraction of sp³-hybridized carbons (Fsp3) is 0.143. The SMILES string of the molecule is Cc1cc(N=O)c(O)c(N=O)c1. The molecule has 1 rings (SSSR count). The number of aryl methyl sites for hydroxylation is 1. The first-order valence-electron chi connectivity index (χ1n) is 3.19. The van der Waals surface area contributed by atoms with E-state index in [2.05, 4.69) is 10.4 Å². The molecule has 0 fully saturated rings. The normalized spacial score (nSPS) is 9.42. The Morgan fingerprint density at radius 2 is 1.58 bits per heavy atom. The number of nitroso groups, excluding NO2 is 2. The highest BCUT2D eigenvalue weighted by atomic mass is 16.3. The number of aromatic hydroxyl groups is 1. The summed E-state index contributed by atoms with van der Waals surface area (Å²) >= 11 is 0. The lowest BCUT2D eigenvalue weighted by molar-refractivity contribution is 0.478. The van der Waals surface area contributed by atoms with Crippen molar-refractivity contribution >= 4 is 11.4 Å². The van der Waals surface area contributed by atoms with Gasteiger partial charge in [-0.1, -0.05) is 0 Å². The maximum atomic E-state index is 10.1. The van der Waals surface area contributed by atoms with E-state index >= 15 is 0 Å². The van der Waals surface area contributed by atoms with E-state index in [-0.39, 0.29) is 11.4 Å². The van der Waals surface area contributed by atoms with Crippen LogP contribution in [0.4, 0.5) is 11.4 Å². The molecule has 0 amide bonds. The Kier molecular flexibility index (Phi) is 2.14. The predicted molar refractivity (Wildman–Crippen MR) is 43.8 cm³/mol. The Hall–Kier alpha value is -1.78. The molecule has 0 aliphatic carbocycles. The van der Waals surface area contributed by atoms with Crippen LogP contribution >= 0.6 is 0 Å². The van der Waals surface area contributed by atoms with Crippen LogP contribution in [-0.4, -0.2) is 5.11 Å². The van der Waals surface area contributed by atoms with Gasteiger partial charge in [-0.3, -0.25) is 0 Å². The van der Waals surface area contributed by atoms with Crippen molar-refractivity contribution in [3.8, 4) is 5.75 Å². The number of rotatable bonds is 2. The maximum absolute atomic E-state index is 10.1. The van der Waals surface area contributed by atoms with Gasteiger partial charge in [0.15, 0.2) is 17.1 Å². The molecule has 0 bridgehead atoms. The fourth-order valence-electron chi connectivity index (χ4n) is 0.880. The van der Waals surface area contributed by atoms with Crippen molar-refractivity contribution in [2.24, 2.45) is 10.4 Å². The van der Waals surface area contributed by atoms with Crippen LogP contribution in [-0.2, 0) is 0 Å². The van der Waals surface area contributed by atoms with Crippen molar-refractivity contribution in [1.29, 1.82) is 0 Å². The van der Waals surface area contributed by atoms with Gasteiger partial charge < -0.3 is 5.11 Å². The predicted octanol–water partition coefficient (Wildman–Crippen LogP) is 2.50. The summed E-state index contributed by atoms with van der Waals surface area (Å²) in [5.41, 5.74) is 0.325. The van der Waals surface area contributed by atoms with Gasteiger partial charge in [-0.05, 0) is 35.0 Å². The third-order valence-electron chi connectivity index (χ3n) is 1.41. The molecule has 0 aromatic heterocycles. The van der Waals surface area contributed by atoms with Crippen LogP contribution in [0, 0.1) is 16.7 Å². The molecule has 0 saturated heterocycles. The van der Waals surface area contributed by atoms with Gasteiger partial charge in [0.25, 0.3) is 0 Å². The van der Waals surface area contributed by atoms with E-state index in [0.717, 1.165) is 0 Å². The molecule has 1 N–H and O–H groups in total. The van der Waals surface area contributed by atoms with Crippen LogP contribution in [0.5, 0.6) is 5.75 Å². The third kappa shape index (κ3) is 1.29. The summed E-state index contributed by atoms with van der Waals surface area (Å²) in [7, 11) is 0. The molecule has 12 heavy (non-hydrogen) atoms. The summed E-state index contributed by atoms with van der Waals surface area (Å²) in [6.07, 6.45) is 0. The molecule has 0 atom stereocenters. The molecule has 0 aliphatic rings. The Labute approximate surface area is 68.0 Å². The average molecular weight is 166 g/mol. The van der Waals surface area contributed by atoms with Crippen LogP contribution in [0.3, 0.4) is 0 Å². The summed E-state index contributed by atoms with van der Waals surface area (Å²) < 4.78 is 0. The van der Waals surface area contributed by atoms with E-state index in [4.69, 9.17) is 5.11 Å². The molecular weight excluding hydrogens is 160 g/mol. The first-order valence-corrected chi connectivity index (χ1v) is 3.19. The molecule has 5 heteroatoms. The van der Waals surface area contributed by atoms with Gasteiger partial charge in [-0.2, -0.15) is 0 Å². The number of phenols is 1. The topological polar surface area (TPSA) is 79.1 Å². The molecule has 0 unspecified atom stereocenters. The standard InChI is InChI=1S/C7H6N2O3/c1-4-2-5(8-11)7(10)6(3-4)9-12/h2-3,10H,1H3. The van der Waals surface area contributed by atoms with Crippen LogP contribution in [0.25, 0.3) is 0 Å². The molecule has 0 aliphatic heterocycles. The number of hydrogen-bond donors (Lipinski definition) is 1. The number of benzene rings is 1. The quantitative estimate of drug-likeness (QED) is 0.685. The highest BCUT2D eigenvalue weighted by Crippen LogP contribution is 2.36. The zero-order valence-electron chi connectivity index (χ0n) is 6.31. The summed E-state index contributed by atoms with van der Waals surface area (Å²) in [5.74, 6) is -0.467. The third-order valence-corrected chi connectivity index (χ3v) is 1.41. The van der Waals surface area contributed by atoms with Crippen molar-refractivity contribution in [3.05, 3.63) is 27.5 Å². The Bertz CT molecular complexity index is 306. The minimum absolute atomic E-state index is 0.162. The Balaban J connectivity index is 3.41. The van der Waals surface area contributed by atoms with Crippen molar-refractivity contribution in [2.75, 3.05) is 0 Å². The number of phenolic OH excluding ortho intramolecular Hbond substituents is 1. The van der Waals surface area contributed by atoms with E-state index in [1.54, 1.807) is 6.92 Å². The van der Waals surface area contributed by atoms with Crippen molar-refractivity contribution in [3.63, 3.8) is 0 Å². The second-order valence-corrected chi connectivity index (χ2v) is 2.33. The smallest absolute Gasteiger partial charge is 0.174 e. The minimum Gasteiger partial charge on any atom is -0.504 e. The van der Waals surface area contributed by atoms with Crippen LogP contribution in [0.15, 0.2) is 22.5 Å². The Morgan fingerprint density at radius 1 is 1.17 bits per heavy atom. The summed E-state index contributed by atoms with van der Waals surface area (Å²) in [6.45, 7) is 1.67. The van der Waals surface area contributed by atoms with Crippen molar-refractivity contribution in [1.82, 2.24) is 0 Å². The minimum atomic E-state index is -0.467. The molecule has 0 spiro atoms. The number of hydrogen-bond acceptors (Lipinski definition) is 5. The van der Waals surface area contributed by atoms with Crippen LogP contribution in [0.2, 0.25) is 0 Å². The molecule has 62 valence electrons. The van der Waals surface area contributed by atoms with E-state index in [1.165, 1.54) is 12.1 Å². The Morgan fingerprint density at radius 3 is 1.92 bits per heavy atom. The molecular formula is C7H6N2O3. The zero-order chi connectivity index (χ0) is 9.14. The van der Waals surface area contributed by atoms with Gasteiger partial charge in [0, 0.05) is 0 Å². The molecule has 5 nitrogen and oxygen atoms in total. The molecule has 0 saturated carbocycles. The van der Waals surface area contributed by atoms with Gasteiger partial charge in [-0.25, -0.2) is 0 Å². The summed E-state index contributed by atoms with van der Waals surface area (Å²) in [4.78, 5) is 20.2. The lowest BCUT2D eigenvalue weighted by Gasteiger charge is -1.99. The molecule has 0 heterocycles. The van der Waals surface area contributed by atoms with Gasteiger partial charge in [-0.15, -0.1) is 9.81 Å². The van der Waals surface area contributed by atoms with Gasteiger partial charge in [0.1, 0.15) is 0 Å². The van der Waals surface area contributed by atoms with Gasteiger partial charge >= 0.3 is 0 Å². The highest BCUT2D eigenvalue weighted by Gasteiger charge is 2.08. The maximum Gasteiger partial charge on any atom is 0.174 e. The second kappa shape index (κ2) is 3.08. The monoisotopic (exact) mass is 166 g/mol. The molecule has 0 radical (unpaired) electrons. The van der Waals surface area contributed by atoms with Crippen LogP contribution < -0.4 is 0 Å². The molecule has 1 aromatic rings. The molecule has 1 aromatic carbocycles.